The van der Waals surface area contributed by atoms with Crippen LogP contribution in [0, 0.1) is 5.82 Å². The second kappa shape index (κ2) is 7.71. The molecule has 1 atom stereocenters. The summed E-state index contributed by atoms with van der Waals surface area (Å²) in [7, 11) is 0. The lowest BCUT2D eigenvalue weighted by atomic mass is 9.99. The van der Waals surface area contributed by atoms with E-state index in [2.05, 4.69) is 5.32 Å². The van der Waals surface area contributed by atoms with E-state index in [0.29, 0.717) is 18.5 Å². The molecule has 2 aromatic rings. The highest BCUT2D eigenvalue weighted by atomic mass is 19.1. The highest BCUT2D eigenvalue weighted by Crippen LogP contribution is 2.25. The Bertz CT molecular complexity index is 625. The van der Waals surface area contributed by atoms with E-state index in [1.165, 1.54) is 6.07 Å². The molecule has 0 aliphatic heterocycles. The third-order valence-electron chi connectivity index (χ3n) is 3.50. The Morgan fingerprint density at radius 2 is 1.86 bits per heavy atom. The van der Waals surface area contributed by atoms with Gasteiger partial charge in [-0.05, 0) is 30.5 Å². The van der Waals surface area contributed by atoms with Gasteiger partial charge in [-0.3, -0.25) is 4.79 Å². The molecular weight excluding hydrogens is 281 g/mol. The number of benzene rings is 2. The first-order valence-corrected chi connectivity index (χ1v) is 7.41. The maximum Gasteiger partial charge on any atom is 0.220 e. The van der Waals surface area contributed by atoms with Crippen LogP contribution in [0.5, 0.6) is 0 Å². The molecule has 0 fully saturated rings. The number of aliphatic hydroxyl groups is 1. The van der Waals surface area contributed by atoms with Gasteiger partial charge in [0, 0.05) is 18.5 Å². The van der Waals surface area contributed by atoms with E-state index in [0.717, 1.165) is 11.1 Å². The number of amides is 1. The van der Waals surface area contributed by atoms with Crippen LogP contribution in [0.4, 0.5) is 4.39 Å². The van der Waals surface area contributed by atoms with Crippen LogP contribution >= 0.6 is 0 Å². The van der Waals surface area contributed by atoms with Gasteiger partial charge in [-0.2, -0.15) is 0 Å². The summed E-state index contributed by atoms with van der Waals surface area (Å²) in [5, 5.41) is 12.8. The van der Waals surface area contributed by atoms with Gasteiger partial charge in [0.05, 0.1) is 6.10 Å². The van der Waals surface area contributed by atoms with Gasteiger partial charge in [-0.25, -0.2) is 4.39 Å². The minimum absolute atomic E-state index is 0.0653. The molecule has 22 heavy (non-hydrogen) atoms. The van der Waals surface area contributed by atoms with Gasteiger partial charge in [0.15, 0.2) is 0 Å². The molecular formula is C18H20FNO2. The molecule has 0 aliphatic carbocycles. The smallest absolute Gasteiger partial charge is 0.220 e. The minimum Gasteiger partial charge on any atom is -0.388 e. The number of hydrogen-bond acceptors (Lipinski definition) is 2. The Kier molecular flexibility index (Phi) is 5.67. The molecule has 2 aromatic carbocycles. The molecule has 3 nitrogen and oxygen atoms in total. The molecule has 4 heteroatoms. The molecule has 0 radical (unpaired) electrons. The Morgan fingerprint density at radius 1 is 1.18 bits per heavy atom. The Hall–Kier alpha value is -2.20. The summed E-state index contributed by atoms with van der Waals surface area (Å²) in [4.78, 5) is 11.4. The van der Waals surface area contributed by atoms with Gasteiger partial charge in [0.25, 0.3) is 0 Å². The number of carbonyl (C=O) groups excluding carboxylic acids is 1. The zero-order valence-electron chi connectivity index (χ0n) is 12.6. The highest BCUT2D eigenvalue weighted by Gasteiger charge is 2.11. The van der Waals surface area contributed by atoms with E-state index < -0.39 is 6.10 Å². The first-order valence-electron chi connectivity index (χ1n) is 7.41. The third kappa shape index (κ3) is 4.15. The number of hydrogen-bond donors (Lipinski definition) is 2. The predicted octanol–water partition coefficient (Wildman–Crippen LogP) is 3.44. The van der Waals surface area contributed by atoms with E-state index in [4.69, 9.17) is 0 Å². The summed E-state index contributed by atoms with van der Waals surface area (Å²) >= 11 is 0. The average molecular weight is 301 g/mol. The lowest BCUT2D eigenvalue weighted by molar-refractivity contribution is -0.121. The fourth-order valence-corrected chi connectivity index (χ4v) is 2.30. The number of aliphatic hydroxyl groups excluding tert-OH is 1. The first kappa shape index (κ1) is 16.2. The van der Waals surface area contributed by atoms with Crippen molar-refractivity contribution < 1.29 is 14.3 Å². The number of carbonyl (C=O) groups is 1. The monoisotopic (exact) mass is 301 g/mol. The summed E-state index contributed by atoms with van der Waals surface area (Å²) < 4.78 is 13.7. The maximum absolute atomic E-state index is 13.7. The summed E-state index contributed by atoms with van der Waals surface area (Å²) in [6, 6.07) is 13.7. The van der Waals surface area contributed by atoms with Crippen molar-refractivity contribution in [2.45, 2.75) is 25.9 Å². The van der Waals surface area contributed by atoms with E-state index in [-0.39, 0.29) is 18.1 Å². The standard InChI is InChI=1S/C18H20FNO2/c1-2-20-18(22)12-11-17(21)14-9-7-13(8-10-14)15-5-3-4-6-16(15)19/h3-10,17,21H,2,11-12H2,1H3,(H,20,22). The van der Waals surface area contributed by atoms with Crippen molar-refractivity contribution in [3.05, 3.63) is 59.9 Å². The van der Waals surface area contributed by atoms with Crippen LogP contribution in [0.15, 0.2) is 48.5 Å². The lowest BCUT2D eigenvalue weighted by Gasteiger charge is -2.12. The second-order valence-corrected chi connectivity index (χ2v) is 5.11. The maximum atomic E-state index is 13.7. The molecule has 0 aliphatic rings. The fraction of sp³-hybridized carbons (Fsp3) is 0.278. The third-order valence-corrected chi connectivity index (χ3v) is 3.50. The minimum atomic E-state index is -0.697. The van der Waals surface area contributed by atoms with Gasteiger partial charge in [-0.15, -0.1) is 0 Å². The Balaban J connectivity index is 2.02. The second-order valence-electron chi connectivity index (χ2n) is 5.11. The molecule has 1 amide bonds. The fourth-order valence-electron chi connectivity index (χ4n) is 2.30. The summed E-state index contributed by atoms with van der Waals surface area (Å²) in [5.74, 6) is -0.337. The van der Waals surface area contributed by atoms with Crippen LogP contribution in [0.2, 0.25) is 0 Å². The largest absolute Gasteiger partial charge is 0.388 e. The number of rotatable bonds is 6. The van der Waals surface area contributed by atoms with E-state index in [1.54, 1.807) is 42.5 Å². The van der Waals surface area contributed by atoms with E-state index in [9.17, 15) is 14.3 Å². The number of nitrogens with one attached hydrogen (secondary N) is 1. The normalized spacial score (nSPS) is 12.0. The van der Waals surface area contributed by atoms with Gasteiger partial charge < -0.3 is 10.4 Å². The number of halogens is 1. The van der Waals surface area contributed by atoms with Crippen molar-refractivity contribution >= 4 is 5.91 Å². The molecule has 116 valence electrons. The zero-order valence-corrected chi connectivity index (χ0v) is 12.6. The topological polar surface area (TPSA) is 49.3 Å². The molecule has 2 N–H and O–H groups in total. The molecule has 2 rings (SSSR count). The zero-order chi connectivity index (χ0) is 15.9. The predicted molar refractivity (Wildman–Crippen MR) is 84.7 cm³/mol. The van der Waals surface area contributed by atoms with Crippen LogP contribution in [0.1, 0.15) is 31.4 Å². The van der Waals surface area contributed by atoms with Crippen molar-refractivity contribution in [2.75, 3.05) is 6.54 Å². The molecule has 0 aromatic heterocycles. The van der Waals surface area contributed by atoms with Crippen LogP contribution in [-0.2, 0) is 4.79 Å². The van der Waals surface area contributed by atoms with Crippen molar-refractivity contribution in [2.24, 2.45) is 0 Å². The van der Waals surface area contributed by atoms with Crippen LogP contribution in [0.25, 0.3) is 11.1 Å². The molecule has 0 heterocycles. The average Bonchev–Trinajstić information content (AvgIpc) is 2.53. The molecule has 0 saturated carbocycles. The molecule has 0 bridgehead atoms. The SMILES string of the molecule is CCNC(=O)CCC(O)c1ccc(-c2ccccc2F)cc1. The molecule has 1 unspecified atom stereocenters. The summed E-state index contributed by atoms with van der Waals surface area (Å²) in [6.45, 7) is 2.45. The van der Waals surface area contributed by atoms with Crippen molar-refractivity contribution in [1.29, 1.82) is 0 Å². The van der Waals surface area contributed by atoms with Gasteiger partial charge in [0.1, 0.15) is 5.82 Å². The van der Waals surface area contributed by atoms with Crippen LogP contribution in [0.3, 0.4) is 0 Å². The van der Waals surface area contributed by atoms with Gasteiger partial charge in [0.2, 0.25) is 5.91 Å². The lowest BCUT2D eigenvalue weighted by Crippen LogP contribution is -2.22. The van der Waals surface area contributed by atoms with Crippen LogP contribution in [-0.4, -0.2) is 17.6 Å². The van der Waals surface area contributed by atoms with Gasteiger partial charge in [-0.1, -0.05) is 42.5 Å². The quantitative estimate of drug-likeness (QED) is 0.858. The first-order chi connectivity index (χ1) is 10.6. The Morgan fingerprint density at radius 3 is 2.50 bits per heavy atom. The van der Waals surface area contributed by atoms with Crippen LogP contribution < -0.4 is 5.32 Å². The highest BCUT2D eigenvalue weighted by molar-refractivity contribution is 5.75. The summed E-state index contributed by atoms with van der Waals surface area (Å²) in [6.07, 6.45) is -0.0492. The van der Waals surface area contributed by atoms with Crippen molar-refractivity contribution in [3.63, 3.8) is 0 Å². The van der Waals surface area contributed by atoms with E-state index >= 15 is 0 Å². The molecule has 0 spiro atoms. The van der Waals surface area contributed by atoms with E-state index in [1.807, 2.05) is 6.92 Å². The summed E-state index contributed by atoms with van der Waals surface area (Å²) in [5.41, 5.74) is 2.02. The van der Waals surface area contributed by atoms with Crippen molar-refractivity contribution in [1.82, 2.24) is 5.32 Å². The Labute approximate surface area is 129 Å². The van der Waals surface area contributed by atoms with Gasteiger partial charge >= 0.3 is 0 Å². The van der Waals surface area contributed by atoms with Crippen molar-refractivity contribution in [3.8, 4) is 11.1 Å². The molecule has 0 saturated heterocycles.